The van der Waals surface area contributed by atoms with Crippen molar-refractivity contribution in [1.82, 2.24) is 14.8 Å². The molecule has 15 heavy (non-hydrogen) atoms. The highest BCUT2D eigenvalue weighted by molar-refractivity contribution is 6.30. The number of aromatic nitrogens is 3. The van der Waals surface area contributed by atoms with Gasteiger partial charge in [0.1, 0.15) is 10.9 Å². The largest absolute Gasteiger partial charge is 0.489 e. The van der Waals surface area contributed by atoms with E-state index >= 15 is 0 Å². The van der Waals surface area contributed by atoms with E-state index < -0.39 is 0 Å². The second-order valence-corrected chi connectivity index (χ2v) is 4.15. The maximum absolute atomic E-state index is 5.92. The van der Waals surface area contributed by atoms with Crippen molar-refractivity contribution in [3.8, 4) is 5.75 Å². The van der Waals surface area contributed by atoms with E-state index in [2.05, 4.69) is 10.1 Å². The maximum Gasteiger partial charge on any atom is 0.162 e. The predicted octanol–water partition coefficient (Wildman–Crippen LogP) is 2.16. The Morgan fingerprint density at radius 3 is 3.07 bits per heavy atom. The van der Waals surface area contributed by atoms with Crippen molar-refractivity contribution in [2.24, 2.45) is 7.05 Å². The molecule has 0 unspecified atom stereocenters. The summed E-state index contributed by atoms with van der Waals surface area (Å²) in [5.41, 5.74) is 0.762. The van der Waals surface area contributed by atoms with Gasteiger partial charge in [0, 0.05) is 13.1 Å². The summed E-state index contributed by atoms with van der Waals surface area (Å²) in [6, 6.07) is 1.75. The molecule has 5 heteroatoms. The average molecular weight is 224 g/mol. The van der Waals surface area contributed by atoms with Crippen LogP contribution in [0.25, 0.3) is 11.0 Å². The maximum atomic E-state index is 5.92. The van der Waals surface area contributed by atoms with Crippen LogP contribution in [0.1, 0.15) is 12.8 Å². The first kappa shape index (κ1) is 8.97. The van der Waals surface area contributed by atoms with Crippen LogP contribution in [0.15, 0.2) is 12.3 Å². The molecule has 0 saturated heterocycles. The molecule has 2 aromatic rings. The molecule has 0 N–H and O–H groups in total. The number of hydrogen-bond acceptors (Lipinski definition) is 3. The Balaban J connectivity index is 2.16. The summed E-state index contributed by atoms with van der Waals surface area (Å²) in [6.45, 7) is 0. The fraction of sp³-hybridized carbons (Fsp3) is 0.400. The molecule has 3 rings (SSSR count). The molecule has 1 aliphatic rings. The zero-order valence-electron chi connectivity index (χ0n) is 8.27. The number of aryl methyl sites for hydroxylation is 1. The van der Waals surface area contributed by atoms with Gasteiger partial charge in [-0.05, 0) is 12.8 Å². The zero-order valence-corrected chi connectivity index (χ0v) is 9.03. The van der Waals surface area contributed by atoms with Crippen LogP contribution in [0.2, 0.25) is 5.15 Å². The van der Waals surface area contributed by atoms with Crippen LogP contribution in [0.3, 0.4) is 0 Å². The van der Waals surface area contributed by atoms with E-state index in [9.17, 15) is 0 Å². The second-order valence-electron chi connectivity index (χ2n) is 3.77. The molecular formula is C10H10ClN3O. The first-order valence-corrected chi connectivity index (χ1v) is 5.27. The molecule has 78 valence electrons. The van der Waals surface area contributed by atoms with Crippen molar-refractivity contribution >= 4 is 22.6 Å². The van der Waals surface area contributed by atoms with Gasteiger partial charge in [-0.15, -0.1) is 0 Å². The van der Waals surface area contributed by atoms with Gasteiger partial charge in [0.25, 0.3) is 0 Å². The van der Waals surface area contributed by atoms with E-state index in [-0.39, 0.29) is 0 Å². The molecule has 0 bridgehead atoms. The van der Waals surface area contributed by atoms with Crippen LogP contribution < -0.4 is 4.74 Å². The quantitative estimate of drug-likeness (QED) is 0.733. The van der Waals surface area contributed by atoms with E-state index in [1.807, 2.05) is 7.05 Å². The Labute approximate surface area is 91.8 Å². The molecule has 0 atom stereocenters. The molecule has 1 aliphatic carbocycles. The number of ether oxygens (including phenoxy) is 1. The normalized spacial score (nSPS) is 15.9. The van der Waals surface area contributed by atoms with Gasteiger partial charge in [0.2, 0.25) is 0 Å². The lowest BCUT2D eigenvalue weighted by atomic mass is 10.3. The summed E-state index contributed by atoms with van der Waals surface area (Å²) in [4.78, 5) is 4.21. The number of hydrogen-bond donors (Lipinski definition) is 0. The molecule has 0 radical (unpaired) electrons. The van der Waals surface area contributed by atoms with Gasteiger partial charge in [-0.1, -0.05) is 11.6 Å². The van der Waals surface area contributed by atoms with Gasteiger partial charge in [-0.25, -0.2) is 4.98 Å². The van der Waals surface area contributed by atoms with Gasteiger partial charge < -0.3 is 4.74 Å². The summed E-state index contributed by atoms with van der Waals surface area (Å²) in [5.74, 6) is 0.792. The lowest BCUT2D eigenvalue weighted by Crippen LogP contribution is -1.98. The first-order valence-electron chi connectivity index (χ1n) is 4.89. The van der Waals surface area contributed by atoms with Crippen molar-refractivity contribution in [2.75, 3.05) is 0 Å². The van der Waals surface area contributed by atoms with Crippen molar-refractivity contribution in [3.63, 3.8) is 0 Å². The Morgan fingerprint density at radius 2 is 2.33 bits per heavy atom. The van der Waals surface area contributed by atoms with Gasteiger partial charge in [-0.2, -0.15) is 5.10 Å². The van der Waals surface area contributed by atoms with Crippen molar-refractivity contribution < 1.29 is 4.74 Å². The van der Waals surface area contributed by atoms with E-state index in [0.29, 0.717) is 11.3 Å². The molecule has 4 nitrogen and oxygen atoms in total. The molecule has 1 saturated carbocycles. The standard InChI is InChI=1S/C10H10ClN3O/c1-14-10-7(5-12-14)8(4-9(11)13-10)15-6-2-3-6/h4-6H,2-3H2,1H3. The minimum atomic E-state index is 0.354. The van der Waals surface area contributed by atoms with Crippen LogP contribution in [-0.2, 0) is 7.05 Å². The summed E-state index contributed by atoms with van der Waals surface area (Å²) < 4.78 is 7.45. The third-order valence-corrected chi connectivity index (χ3v) is 2.65. The number of nitrogens with zero attached hydrogens (tertiary/aromatic N) is 3. The van der Waals surface area contributed by atoms with Crippen molar-refractivity contribution in [1.29, 1.82) is 0 Å². The van der Waals surface area contributed by atoms with Gasteiger partial charge >= 0.3 is 0 Å². The average Bonchev–Trinajstić information content (AvgIpc) is 2.92. The predicted molar refractivity (Wildman–Crippen MR) is 57.2 cm³/mol. The number of halogens is 1. The lowest BCUT2D eigenvalue weighted by Gasteiger charge is -2.05. The third kappa shape index (κ3) is 1.55. The summed E-state index contributed by atoms with van der Waals surface area (Å²) in [6.07, 6.45) is 4.37. The Morgan fingerprint density at radius 1 is 1.53 bits per heavy atom. The fourth-order valence-electron chi connectivity index (χ4n) is 1.52. The van der Waals surface area contributed by atoms with Crippen LogP contribution in [0.4, 0.5) is 0 Å². The van der Waals surface area contributed by atoms with Gasteiger partial charge in [0.05, 0.1) is 17.7 Å². The van der Waals surface area contributed by atoms with Crippen molar-refractivity contribution in [3.05, 3.63) is 17.4 Å². The Hall–Kier alpha value is -1.29. The van der Waals surface area contributed by atoms with Crippen molar-refractivity contribution in [2.45, 2.75) is 18.9 Å². The molecule has 0 amide bonds. The minimum absolute atomic E-state index is 0.354. The molecule has 0 aromatic carbocycles. The van der Waals surface area contributed by atoms with E-state index in [0.717, 1.165) is 29.6 Å². The fourth-order valence-corrected chi connectivity index (χ4v) is 1.70. The van der Waals surface area contributed by atoms with E-state index in [1.54, 1.807) is 16.9 Å². The highest BCUT2D eigenvalue weighted by Crippen LogP contribution is 2.32. The third-order valence-electron chi connectivity index (χ3n) is 2.45. The molecule has 0 spiro atoms. The number of pyridine rings is 1. The summed E-state index contributed by atoms with van der Waals surface area (Å²) in [5, 5.41) is 5.51. The smallest absolute Gasteiger partial charge is 0.162 e. The summed E-state index contributed by atoms with van der Waals surface area (Å²) >= 11 is 5.92. The Bertz CT molecular complexity index is 519. The van der Waals surface area contributed by atoms with Crippen LogP contribution in [0, 0.1) is 0 Å². The van der Waals surface area contributed by atoms with E-state index in [4.69, 9.17) is 16.3 Å². The van der Waals surface area contributed by atoms with Crippen LogP contribution in [0.5, 0.6) is 5.75 Å². The topological polar surface area (TPSA) is 39.9 Å². The lowest BCUT2D eigenvalue weighted by molar-refractivity contribution is 0.307. The van der Waals surface area contributed by atoms with Gasteiger partial charge in [-0.3, -0.25) is 4.68 Å². The zero-order chi connectivity index (χ0) is 10.4. The Kier molecular flexibility index (Phi) is 1.85. The summed E-state index contributed by atoms with van der Waals surface area (Å²) in [7, 11) is 1.84. The van der Waals surface area contributed by atoms with Crippen LogP contribution in [-0.4, -0.2) is 20.9 Å². The number of fused-ring (bicyclic) bond motifs is 1. The van der Waals surface area contributed by atoms with E-state index in [1.165, 1.54) is 0 Å². The molecule has 0 aliphatic heterocycles. The monoisotopic (exact) mass is 223 g/mol. The van der Waals surface area contributed by atoms with Gasteiger partial charge in [0.15, 0.2) is 5.65 Å². The highest BCUT2D eigenvalue weighted by Gasteiger charge is 2.25. The first-order chi connectivity index (χ1) is 7.24. The molecule has 2 heterocycles. The number of rotatable bonds is 2. The molecule has 1 fully saturated rings. The second kappa shape index (κ2) is 3.10. The minimum Gasteiger partial charge on any atom is -0.489 e. The molecule has 2 aromatic heterocycles. The SMILES string of the molecule is Cn1ncc2c(OC3CC3)cc(Cl)nc21. The highest BCUT2D eigenvalue weighted by atomic mass is 35.5. The molecular weight excluding hydrogens is 214 g/mol. The van der Waals surface area contributed by atoms with Crippen LogP contribution >= 0.6 is 11.6 Å².